The average Bonchev–Trinajstić information content (AvgIpc) is 3.62. The topological polar surface area (TPSA) is 109 Å². The van der Waals surface area contributed by atoms with Crippen molar-refractivity contribution in [2.24, 2.45) is 0 Å². The number of rotatable bonds is 7. The van der Waals surface area contributed by atoms with Crippen molar-refractivity contribution in [2.75, 3.05) is 10.6 Å². The average molecular weight is 543 g/mol. The number of carbonyl (C=O) groups is 2. The number of nitrogens with one attached hydrogen (secondary N) is 4. The summed E-state index contributed by atoms with van der Waals surface area (Å²) in [6.07, 6.45) is 8.85. The maximum absolute atomic E-state index is 12.0. The van der Waals surface area contributed by atoms with Gasteiger partial charge in [-0.3, -0.25) is 20.2 Å². The Labute approximate surface area is 229 Å². The second-order valence-corrected chi connectivity index (χ2v) is 8.56. The highest BCUT2D eigenvalue weighted by molar-refractivity contribution is 7.80. The van der Waals surface area contributed by atoms with Crippen LogP contribution in [-0.4, -0.2) is 22.0 Å². The van der Waals surface area contributed by atoms with Gasteiger partial charge in [0, 0.05) is 23.5 Å². The zero-order valence-electron chi connectivity index (χ0n) is 19.8. The lowest BCUT2D eigenvalue weighted by Crippen LogP contribution is -2.32. The van der Waals surface area contributed by atoms with Gasteiger partial charge in [-0.05, 0) is 96.2 Å². The third kappa shape index (κ3) is 8.12. The van der Waals surface area contributed by atoms with Crippen LogP contribution in [0.25, 0.3) is 23.3 Å². The van der Waals surface area contributed by atoms with E-state index in [9.17, 15) is 9.59 Å². The Morgan fingerprint density at radius 1 is 0.605 bits per heavy atom. The minimum absolute atomic E-state index is 0.182. The van der Waals surface area contributed by atoms with E-state index in [1.807, 2.05) is 48.5 Å². The van der Waals surface area contributed by atoms with Crippen LogP contribution in [0, 0.1) is 0 Å². The van der Waals surface area contributed by atoms with Gasteiger partial charge < -0.3 is 19.5 Å². The first kappa shape index (κ1) is 26.3. The molecule has 0 atom stereocenters. The summed E-state index contributed by atoms with van der Waals surface area (Å²) in [5.74, 6) is 0.409. The number of anilines is 2. The highest BCUT2D eigenvalue weighted by atomic mass is 32.1. The van der Waals surface area contributed by atoms with Crippen LogP contribution < -0.4 is 21.3 Å². The molecule has 4 rings (SSSR count). The molecular formula is C28H22N4O4S2. The summed E-state index contributed by atoms with van der Waals surface area (Å²) in [5, 5.41) is 11.5. The van der Waals surface area contributed by atoms with E-state index < -0.39 is 0 Å². The Bertz CT molecular complexity index is 1340. The summed E-state index contributed by atoms with van der Waals surface area (Å²) >= 11 is 10.4. The molecule has 2 aromatic carbocycles. The van der Waals surface area contributed by atoms with Gasteiger partial charge in [-0.15, -0.1) is 0 Å². The Morgan fingerprint density at radius 3 is 1.34 bits per heavy atom. The van der Waals surface area contributed by atoms with Crippen molar-refractivity contribution < 1.29 is 18.4 Å². The Hall–Kier alpha value is -4.80. The lowest BCUT2D eigenvalue weighted by atomic mass is 10.1. The first-order valence-electron chi connectivity index (χ1n) is 11.3. The van der Waals surface area contributed by atoms with E-state index in [2.05, 4.69) is 21.3 Å². The lowest BCUT2D eigenvalue weighted by molar-refractivity contribution is -0.115. The number of benzene rings is 2. The van der Waals surface area contributed by atoms with Gasteiger partial charge in [-0.1, -0.05) is 24.3 Å². The van der Waals surface area contributed by atoms with E-state index in [1.54, 1.807) is 36.4 Å². The molecule has 0 unspecified atom stereocenters. The van der Waals surface area contributed by atoms with Gasteiger partial charge in [0.1, 0.15) is 11.5 Å². The van der Waals surface area contributed by atoms with E-state index in [0.717, 1.165) is 22.5 Å². The molecule has 4 aromatic rings. The normalized spacial score (nSPS) is 10.8. The summed E-state index contributed by atoms with van der Waals surface area (Å²) in [4.78, 5) is 24.0. The molecule has 0 saturated heterocycles. The fourth-order valence-electron chi connectivity index (χ4n) is 3.21. The van der Waals surface area contributed by atoms with Gasteiger partial charge in [0.25, 0.3) is 0 Å². The molecule has 10 heteroatoms. The van der Waals surface area contributed by atoms with Crippen LogP contribution in [0.5, 0.6) is 0 Å². The van der Waals surface area contributed by atoms with Gasteiger partial charge >= 0.3 is 0 Å². The fraction of sp³-hybridized carbons (Fsp3) is 0. The van der Waals surface area contributed by atoms with Gasteiger partial charge in [0.2, 0.25) is 11.8 Å². The molecule has 0 aliphatic rings. The van der Waals surface area contributed by atoms with Gasteiger partial charge in [-0.2, -0.15) is 0 Å². The number of hydrogen-bond acceptors (Lipinski definition) is 6. The number of hydrogen-bond donors (Lipinski definition) is 4. The van der Waals surface area contributed by atoms with Crippen molar-refractivity contribution >= 4 is 70.0 Å². The minimum atomic E-state index is -0.367. The summed E-state index contributed by atoms with van der Waals surface area (Å²) in [7, 11) is 0. The van der Waals surface area contributed by atoms with Crippen molar-refractivity contribution in [2.45, 2.75) is 0 Å². The Kier molecular flexibility index (Phi) is 8.95. The standard InChI is InChI=1S/C28H22N4O4S2/c33-25(15-13-23-3-1-17-35-23)31-27(37)29-21-9-5-19(6-10-21)20-7-11-22(12-8-20)30-28(38)32-26(34)16-14-24-4-2-18-36-24/h1-18H,(H2,29,31,33,37)(H2,30,32,34,38). The highest BCUT2D eigenvalue weighted by Crippen LogP contribution is 2.23. The smallest absolute Gasteiger partial charge is 0.250 e. The molecule has 0 aliphatic heterocycles. The zero-order valence-corrected chi connectivity index (χ0v) is 21.5. The number of furan rings is 2. The zero-order chi connectivity index (χ0) is 26.7. The molecule has 8 nitrogen and oxygen atoms in total. The lowest BCUT2D eigenvalue weighted by Gasteiger charge is -2.10. The maximum Gasteiger partial charge on any atom is 0.250 e. The van der Waals surface area contributed by atoms with E-state index in [1.165, 1.54) is 24.7 Å². The van der Waals surface area contributed by atoms with Crippen LogP contribution >= 0.6 is 24.4 Å². The van der Waals surface area contributed by atoms with E-state index in [-0.39, 0.29) is 22.0 Å². The Morgan fingerprint density at radius 2 is 1.00 bits per heavy atom. The molecule has 0 bridgehead atoms. The molecule has 0 aliphatic carbocycles. The maximum atomic E-state index is 12.0. The number of thiocarbonyl (C=S) groups is 2. The third-order valence-corrected chi connectivity index (χ3v) is 5.38. The number of carbonyl (C=O) groups excluding carboxylic acids is 2. The number of amides is 2. The van der Waals surface area contributed by atoms with Crippen LogP contribution in [0.4, 0.5) is 11.4 Å². The van der Waals surface area contributed by atoms with Crippen molar-refractivity contribution in [3.63, 3.8) is 0 Å². The van der Waals surface area contributed by atoms with E-state index in [4.69, 9.17) is 33.3 Å². The second-order valence-electron chi connectivity index (χ2n) is 7.74. The van der Waals surface area contributed by atoms with Crippen LogP contribution in [0.3, 0.4) is 0 Å². The molecule has 0 fully saturated rings. The molecule has 38 heavy (non-hydrogen) atoms. The molecule has 0 saturated carbocycles. The largest absolute Gasteiger partial charge is 0.465 e. The predicted octanol–water partition coefficient (Wildman–Crippen LogP) is 5.59. The highest BCUT2D eigenvalue weighted by Gasteiger charge is 2.05. The summed E-state index contributed by atoms with van der Waals surface area (Å²) in [5.41, 5.74) is 3.43. The molecule has 4 N–H and O–H groups in total. The molecular weight excluding hydrogens is 520 g/mol. The van der Waals surface area contributed by atoms with Crippen LogP contribution in [0.15, 0.2) is 106 Å². The molecule has 2 amide bonds. The van der Waals surface area contributed by atoms with Crippen molar-refractivity contribution in [3.05, 3.63) is 109 Å². The monoisotopic (exact) mass is 542 g/mol. The second kappa shape index (κ2) is 12.9. The molecule has 0 spiro atoms. The first-order chi connectivity index (χ1) is 18.4. The fourth-order valence-corrected chi connectivity index (χ4v) is 3.65. The minimum Gasteiger partial charge on any atom is -0.465 e. The van der Waals surface area contributed by atoms with E-state index in [0.29, 0.717) is 11.5 Å². The molecule has 190 valence electrons. The first-order valence-corrected chi connectivity index (χ1v) is 12.1. The van der Waals surface area contributed by atoms with Crippen molar-refractivity contribution in [3.8, 4) is 11.1 Å². The Balaban J connectivity index is 1.25. The molecule has 0 radical (unpaired) electrons. The molecule has 2 heterocycles. The van der Waals surface area contributed by atoms with Gasteiger partial charge in [-0.25, -0.2) is 0 Å². The van der Waals surface area contributed by atoms with Crippen LogP contribution in [0.2, 0.25) is 0 Å². The van der Waals surface area contributed by atoms with Gasteiger partial charge in [0.05, 0.1) is 12.5 Å². The summed E-state index contributed by atoms with van der Waals surface area (Å²) in [6, 6.07) is 22.1. The van der Waals surface area contributed by atoms with Gasteiger partial charge in [0.15, 0.2) is 10.2 Å². The SMILES string of the molecule is O=C(C=Cc1ccco1)NC(=S)Nc1ccc(-c2ccc(NC(=S)NC(=O)C=Cc3ccco3)cc2)cc1. The van der Waals surface area contributed by atoms with Crippen molar-refractivity contribution in [1.29, 1.82) is 0 Å². The quantitative estimate of drug-likeness (QED) is 0.177. The van der Waals surface area contributed by atoms with Crippen LogP contribution in [-0.2, 0) is 9.59 Å². The molecule has 2 aromatic heterocycles. The van der Waals surface area contributed by atoms with Crippen LogP contribution in [0.1, 0.15) is 11.5 Å². The van der Waals surface area contributed by atoms with Crippen molar-refractivity contribution in [1.82, 2.24) is 10.6 Å². The predicted molar refractivity (Wildman–Crippen MR) is 156 cm³/mol. The summed E-state index contributed by atoms with van der Waals surface area (Å²) < 4.78 is 10.3. The summed E-state index contributed by atoms with van der Waals surface area (Å²) in [6.45, 7) is 0. The van der Waals surface area contributed by atoms with E-state index >= 15 is 0 Å². The third-order valence-electron chi connectivity index (χ3n) is 4.98.